The molecule has 0 aliphatic heterocycles. The number of aromatic amines is 1. The Hall–Kier alpha value is -4.91. The fraction of sp³-hybridized carbons (Fsp3) is 0.286. The summed E-state index contributed by atoms with van der Waals surface area (Å²) in [6.45, 7) is 2.17. The molecule has 0 radical (unpaired) electrons. The fourth-order valence-corrected chi connectivity index (χ4v) is 4.16. The van der Waals surface area contributed by atoms with Crippen molar-refractivity contribution >= 4 is 17.8 Å². The summed E-state index contributed by atoms with van der Waals surface area (Å²) in [7, 11) is 1.58. The molecule has 0 aliphatic rings. The summed E-state index contributed by atoms with van der Waals surface area (Å²) < 4.78 is 16.3. The molecule has 2 amide bonds. The third-order valence-electron chi connectivity index (χ3n) is 6.48. The molecule has 0 saturated carbocycles. The lowest BCUT2D eigenvalue weighted by atomic mass is 9.99. The molecular weight excluding hydrogens is 531 g/mol. The number of aromatic nitrogens is 5. The molecule has 214 valence electrons. The number of likely N-dealkylation sites (N-methyl/N-ethyl adjacent to an activating group) is 1. The minimum atomic E-state index is -1.03. The van der Waals surface area contributed by atoms with Gasteiger partial charge in [-0.1, -0.05) is 12.1 Å². The first kappa shape index (κ1) is 29.1. The Balaban J connectivity index is 1.39. The Morgan fingerprint density at radius 2 is 1.98 bits per heavy atom. The number of halogens is 1. The molecule has 5 N–H and O–H groups in total. The maximum atomic E-state index is 14.9. The van der Waals surface area contributed by atoms with Gasteiger partial charge in [-0.15, -0.1) is 0 Å². The predicted molar refractivity (Wildman–Crippen MR) is 149 cm³/mol. The third-order valence-corrected chi connectivity index (χ3v) is 6.48. The summed E-state index contributed by atoms with van der Waals surface area (Å²) in [6, 6.07) is 9.50. The minimum Gasteiger partial charge on any atom is -0.481 e. The standard InChI is InChI=1S/C28H31FN8O4/c1-17-4-3-5-24(34-17)27-21(14-32-35-27)18-6-7-22(29)20(12-18)19-13-33-37(15-19)16-25(38)36(2)11-10-31-28(41)23(30)8-9-26(39)40/h3-7,12-15,23H,8-11,16,30H2,1-2H3,(H,31,41)(H,32,35)(H,39,40)/t23-/m0/s1. The molecule has 0 aliphatic carbocycles. The van der Waals surface area contributed by atoms with Crippen LogP contribution in [0.1, 0.15) is 18.5 Å². The van der Waals surface area contributed by atoms with Crippen molar-refractivity contribution < 1.29 is 23.9 Å². The zero-order chi connectivity index (χ0) is 29.5. The number of nitrogens with one attached hydrogen (secondary N) is 2. The highest BCUT2D eigenvalue weighted by Crippen LogP contribution is 2.33. The summed E-state index contributed by atoms with van der Waals surface area (Å²) in [5.74, 6) is -2.22. The van der Waals surface area contributed by atoms with Gasteiger partial charge < -0.3 is 21.1 Å². The Labute approximate surface area is 235 Å². The molecule has 0 saturated heterocycles. The van der Waals surface area contributed by atoms with Crippen LogP contribution in [0.15, 0.2) is 55.0 Å². The van der Waals surface area contributed by atoms with Crippen LogP contribution < -0.4 is 11.1 Å². The Morgan fingerprint density at radius 3 is 2.73 bits per heavy atom. The van der Waals surface area contributed by atoms with Gasteiger partial charge in [-0.25, -0.2) is 4.39 Å². The number of hydrogen-bond acceptors (Lipinski definition) is 7. The number of aryl methyl sites for hydroxylation is 1. The lowest BCUT2D eigenvalue weighted by Crippen LogP contribution is -2.44. The summed E-state index contributed by atoms with van der Waals surface area (Å²) in [5.41, 5.74) is 10.3. The van der Waals surface area contributed by atoms with Gasteiger partial charge in [0.25, 0.3) is 0 Å². The summed E-state index contributed by atoms with van der Waals surface area (Å²) in [5, 5.41) is 22.7. The molecule has 1 aromatic carbocycles. The van der Waals surface area contributed by atoms with Gasteiger partial charge in [0.2, 0.25) is 11.8 Å². The molecule has 0 spiro atoms. The molecule has 12 nitrogen and oxygen atoms in total. The SMILES string of the molecule is Cc1cccc(-c2[nH]ncc2-c2ccc(F)c(-c3cnn(CC(=O)N(C)CCNC(=O)[C@@H](N)CCC(=O)O)c3)c2)n1. The second-order valence-electron chi connectivity index (χ2n) is 9.59. The van der Waals surface area contributed by atoms with Crippen LogP contribution in [-0.4, -0.2) is 78.9 Å². The number of carbonyl (C=O) groups is 3. The van der Waals surface area contributed by atoms with Crippen LogP contribution in [-0.2, 0) is 20.9 Å². The van der Waals surface area contributed by atoms with Crippen LogP contribution in [0.2, 0.25) is 0 Å². The summed E-state index contributed by atoms with van der Waals surface area (Å²) in [4.78, 5) is 41.3. The van der Waals surface area contributed by atoms with Crippen LogP contribution in [0.4, 0.5) is 4.39 Å². The van der Waals surface area contributed by atoms with Gasteiger partial charge in [0.1, 0.15) is 12.4 Å². The summed E-state index contributed by atoms with van der Waals surface area (Å²) >= 11 is 0. The number of hydrogen-bond donors (Lipinski definition) is 4. The van der Waals surface area contributed by atoms with Gasteiger partial charge in [0.15, 0.2) is 0 Å². The fourth-order valence-electron chi connectivity index (χ4n) is 4.16. The number of benzene rings is 1. The van der Waals surface area contributed by atoms with E-state index in [9.17, 15) is 18.8 Å². The number of nitrogens with zero attached hydrogens (tertiary/aromatic N) is 5. The topological polar surface area (TPSA) is 172 Å². The highest BCUT2D eigenvalue weighted by Gasteiger charge is 2.18. The van der Waals surface area contributed by atoms with E-state index in [0.717, 1.165) is 22.5 Å². The lowest BCUT2D eigenvalue weighted by molar-refractivity contribution is -0.137. The van der Waals surface area contributed by atoms with E-state index >= 15 is 0 Å². The van der Waals surface area contributed by atoms with Gasteiger partial charge in [-0.3, -0.25) is 29.1 Å². The minimum absolute atomic E-state index is 0.0221. The zero-order valence-corrected chi connectivity index (χ0v) is 22.7. The van der Waals surface area contributed by atoms with Crippen molar-refractivity contribution in [3.05, 3.63) is 66.5 Å². The monoisotopic (exact) mass is 562 g/mol. The lowest BCUT2D eigenvalue weighted by Gasteiger charge is -2.18. The number of H-pyrrole nitrogens is 1. The number of aliphatic carboxylic acids is 1. The van der Waals surface area contributed by atoms with E-state index in [4.69, 9.17) is 10.8 Å². The summed E-state index contributed by atoms with van der Waals surface area (Å²) in [6.07, 6.45) is 4.57. The maximum absolute atomic E-state index is 14.9. The second kappa shape index (κ2) is 13.0. The molecule has 13 heteroatoms. The van der Waals surface area contributed by atoms with E-state index in [1.54, 1.807) is 31.6 Å². The number of pyridine rings is 1. The molecule has 1 atom stereocenters. The van der Waals surface area contributed by atoms with Crippen LogP contribution in [0, 0.1) is 12.7 Å². The smallest absolute Gasteiger partial charge is 0.303 e. The average Bonchev–Trinajstić information content (AvgIpc) is 3.62. The van der Waals surface area contributed by atoms with Crippen molar-refractivity contribution in [2.24, 2.45) is 5.73 Å². The van der Waals surface area contributed by atoms with Crippen molar-refractivity contribution in [2.75, 3.05) is 20.1 Å². The predicted octanol–water partition coefficient (Wildman–Crippen LogP) is 2.22. The molecule has 0 fully saturated rings. The van der Waals surface area contributed by atoms with Gasteiger partial charge >= 0.3 is 5.97 Å². The molecule has 0 bridgehead atoms. The van der Waals surface area contributed by atoms with Crippen LogP contribution >= 0.6 is 0 Å². The average molecular weight is 563 g/mol. The number of carboxylic acid groups (broad SMARTS) is 1. The number of carboxylic acids is 1. The quantitative estimate of drug-likeness (QED) is 0.203. The van der Waals surface area contributed by atoms with Crippen LogP contribution in [0.25, 0.3) is 33.6 Å². The van der Waals surface area contributed by atoms with E-state index in [1.165, 1.54) is 21.8 Å². The van der Waals surface area contributed by atoms with Crippen molar-refractivity contribution in [3.63, 3.8) is 0 Å². The van der Waals surface area contributed by atoms with E-state index in [0.29, 0.717) is 16.8 Å². The van der Waals surface area contributed by atoms with E-state index < -0.39 is 23.7 Å². The third kappa shape index (κ3) is 7.39. The first-order valence-electron chi connectivity index (χ1n) is 12.9. The maximum Gasteiger partial charge on any atom is 0.303 e. The second-order valence-corrected chi connectivity index (χ2v) is 9.59. The highest BCUT2D eigenvalue weighted by molar-refractivity contribution is 5.83. The number of rotatable bonds is 12. The number of amides is 2. The highest BCUT2D eigenvalue weighted by atomic mass is 19.1. The van der Waals surface area contributed by atoms with Gasteiger partial charge in [-0.2, -0.15) is 10.2 Å². The molecule has 4 rings (SSSR count). The normalized spacial score (nSPS) is 11.7. The molecule has 4 aromatic rings. The van der Waals surface area contributed by atoms with Gasteiger partial charge in [0.05, 0.1) is 29.8 Å². The Kier molecular flexibility index (Phi) is 9.19. The molecule has 3 aromatic heterocycles. The first-order valence-corrected chi connectivity index (χ1v) is 12.9. The van der Waals surface area contributed by atoms with Crippen molar-refractivity contribution in [1.82, 2.24) is 35.2 Å². The van der Waals surface area contributed by atoms with E-state index in [-0.39, 0.29) is 38.4 Å². The largest absolute Gasteiger partial charge is 0.481 e. The molecule has 41 heavy (non-hydrogen) atoms. The van der Waals surface area contributed by atoms with E-state index in [2.05, 4.69) is 25.6 Å². The first-order chi connectivity index (χ1) is 19.6. The van der Waals surface area contributed by atoms with Crippen molar-refractivity contribution in [1.29, 1.82) is 0 Å². The number of nitrogens with two attached hydrogens (primary N) is 1. The Morgan fingerprint density at radius 1 is 1.17 bits per heavy atom. The van der Waals surface area contributed by atoms with Gasteiger partial charge in [-0.05, 0) is 43.2 Å². The van der Waals surface area contributed by atoms with Crippen molar-refractivity contribution in [2.45, 2.75) is 32.4 Å². The molecule has 3 heterocycles. The zero-order valence-electron chi connectivity index (χ0n) is 22.7. The molecular formula is C28H31FN8O4. The van der Waals surface area contributed by atoms with E-state index in [1.807, 2.05) is 25.1 Å². The van der Waals surface area contributed by atoms with Crippen molar-refractivity contribution in [3.8, 4) is 33.6 Å². The number of carbonyl (C=O) groups excluding carboxylic acids is 2. The molecule has 0 unspecified atom stereocenters. The van der Waals surface area contributed by atoms with Crippen LogP contribution in [0.5, 0.6) is 0 Å². The Bertz CT molecular complexity index is 1550. The van der Waals surface area contributed by atoms with Gasteiger partial charge in [0, 0.05) is 55.1 Å². The van der Waals surface area contributed by atoms with Crippen LogP contribution in [0.3, 0.4) is 0 Å².